The Balaban J connectivity index is 1.63. The molecule has 0 spiro atoms. The molecule has 0 aliphatic heterocycles. The molecule has 4 aromatic rings. The first kappa shape index (κ1) is 20.0. The molecule has 2 heterocycles. The summed E-state index contributed by atoms with van der Waals surface area (Å²) in [5, 5.41) is 9.43. The fourth-order valence-electron chi connectivity index (χ4n) is 4.74. The third-order valence-electron chi connectivity index (χ3n) is 6.21. The first-order valence-corrected chi connectivity index (χ1v) is 11.3. The summed E-state index contributed by atoms with van der Waals surface area (Å²) in [6.45, 7) is 11.4. The van der Waals surface area contributed by atoms with Gasteiger partial charge in [-0.15, -0.1) is 0 Å². The fraction of sp³-hybridized carbons (Fsp3) is 0.385. The van der Waals surface area contributed by atoms with E-state index in [2.05, 4.69) is 72.4 Å². The Bertz CT molecular complexity index is 1240. The van der Waals surface area contributed by atoms with Gasteiger partial charge in [-0.2, -0.15) is 0 Å². The van der Waals surface area contributed by atoms with Crippen LogP contribution < -0.4 is 10.6 Å². The van der Waals surface area contributed by atoms with E-state index in [1.807, 2.05) is 6.92 Å². The van der Waals surface area contributed by atoms with E-state index in [0.29, 0.717) is 0 Å². The molecule has 0 saturated heterocycles. The quantitative estimate of drug-likeness (QED) is 0.408. The smallest absolute Gasteiger partial charge is 0.151 e. The highest BCUT2D eigenvalue weighted by atomic mass is 15.1. The van der Waals surface area contributed by atoms with Gasteiger partial charge in [0.25, 0.3) is 0 Å². The van der Waals surface area contributed by atoms with Crippen LogP contribution in [0.2, 0.25) is 0 Å². The molecule has 1 fully saturated rings. The number of hydrogen-bond donors (Lipinski definition) is 2. The molecule has 5 nitrogen and oxygen atoms in total. The Morgan fingerprint density at radius 1 is 0.968 bits per heavy atom. The highest BCUT2D eigenvalue weighted by Gasteiger charge is 2.21. The van der Waals surface area contributed by atoms with Crippen LogP contribution in [0, 0.1) is 33.6 Å². The molecule has 0 unspecified atom stereocenters. The van der Waals surface area contributed by atoms with Gasteiger partial charge in [0.1, 0.15) is 11.6 Å². The fourth-order valence-corrected chi connectivity index (χ4v) is 4.74. The molecular formula is C26H31N5. The number of anilines is 1. The van der Waals surface area contributed by atoms with Gasteiger partial charge in [-0.05, 0) is 70.2 Å². The number of benzene rings is 2. The average Bonchev–Trinajstić information content (AvgIpc) is 3.49. The lowest BCUT2D eigenvalue weighted by Gasteiger charge is -2.15. The summed E-state index contributed by atoms with van der Waals surface area (Å²) < 4.78 is 2.32. The van der Waals surface area contributed by atoms with Gasteiger partial charge in [-0.25, -0.2) is 9.97 Å². The second-order valence-corrected chi connectivity index (χ2v) is 8.99. The van der Waals surface area contributed by atoms with Crippen LogP contribution in [0.5, 0.6) is 0 Å². The number of aromatic nitrogens is 3. The maximum atomic E-state index is 4.93. The summed E-state index contributed by atoms with van der Waals surface area (Å²) in [6, 6.07) is 13.1. The van der Waals surface area contributed by atoms with Crippen molar-refractivity contribution in [2.75, 3.05) is 25.0 Å². The highest BCUT2D eigenvalue weighted by Crippen LogP contribution is 2.36. The Labute approximate surface area is 183 Å². The van der Waals surface area contributed by atoms with Gasteiger partial charge in [-0.3, -0.25) is 4.57 Å². The molecule has 0 amide bonds. The van der Waals surface area contributed by atoms with Crippen LogP contribution in [0.4, 0.5) is 5.82 Å². The van der Waals surface area contributed by atoms with Gasteiger partial charge in [0, 0.05) is 18.5 Å². The molecule has 5 rings (SSSR count). The van der Waals surface area contributed by atoms with Crippen LogP contribution in [0.25, 0.3) is 27.6 Å². The minimum atomic E-state index is 0.785. The Morgan fingerprint density at radius 3 is 2.45 bits per heavy atom. The maximum Gasteiger partial charge on any atom is 0.151 e. The first-order valence-electron chi connectivity index (χ1n) is 11.3. The van der Waals surface area contributed by atoms with Crippen molar-refractivity contribution in [2.45, 2.75) is 40.5 Å². The van der Waals surface area contributed by atoms with E-state index in [-0.39, 0.29) is 0 Å². The second kappa shape index (κ2) is 7.97. The zero-order valence-electron chi connectivity index (χ0n) is 18.9. The lowest BCUT2D eigenvalue weighted by molar-refractivity contribution is 0.650. The largest absolute Gasteiger partial charge is 0.368 e. The Morgan fingerprint density at radius 2 is 1.71 bits per heavy atom. The number of nitrogens with one attached hydrogen (secondary N) is 2. The molecule has 2 aromatic heterocycles. The molecule has 2 aromatic carbocycles. The number of hydrogen-bond acceptors (Lipinski definition) is 4. The Hall–Kier alpha value is -2.92. The third kappa shape index (κ3) is 3.79. The van der Waals surface area contributed by atoms with Crippen molar-refractivity contribution >= 4 is 27.8 Å². The van der Waals surface area contributed by atoms with Gasteiger partial charge < -0.3 is 10.6 Å². The van der Waals surface area contributed by atoms with Crippen molar-refractivity contribution in [3.05, 3.63) is 58.9 Å². The SMILES string of the molecule is Cc1cc(C)c(-n2c3ccccc3c3c(NCCNCC4CC4)nc(C)nc32)c(C)c1. The normalized spacial score (nSPS) is 13.9. The minimum Gasteiger partial charge on any atom is -0.368 e. The summed E-state index contributed by atoms with van der Waals surface area (Å²) in [4.78, 5) is 9.73. The van der Waals surface area contributed by atoms with Crippen LogP contribution in [0.3, 0.4) is 0 Å². The predicted molar refractivity (Wildman–Crippen MR) is 129 cm³/mol. The molecule has 1 aliphatic carbocycles. The van der Waals surface area contributed by atoms with Crippen molar-refractivity contribution < 1.29 is 0 Å². The average molecular weight is 414 g/mol. The van der Waals surface area contributed by atoms with E-state index in [1.165, 1.54) is 46.1 Å². The molecule has 2 N–H and O–H groups in total. The van der Waals surface area contributed by atoms with Gasteiger partial charge in [0.15, 0.2) is 5.65 Å². The van der Waals surface area contributed by atoms with Crippen molar-refractivity contribution in [1.29, 1.82) is 0 Å². The number of aryl methyl sites for hydroxylation is 4. The topological polar surface area (TPSA) is 54.8 Å². The zero-order valence-corrected chi connectivity index (χ0v) is 18.9. The Kier molecular flexibility index (Phi) is 5.14. The van der Waals surface area contributed by atoms with Crippen molar-refractivity contribution in [2.24, 2.45) is 5.92 Å². The monoisotopic (exact) mass is 413 g/mol. The summed E-state index contributed by atoms with van der Waals surface area (Å²) in [5.74, 6) is 2.60. The van der Waals surface area contributed by atoms with Crippen LogP contribution in [0.1, 0.15) is 35.4 Å². The summed E-state index contributed by atoms with van der Waals surface area (Å²) in [6.07, 6.45) is 2.76. The van der Waals surface area contributed by atoms with E-state index in [9.17, 15) is 0 Å². The third-order valence-corrected chi connectivity index (χ3v) is 6.21. The number of nitrogens with zero attached hydrogens (tertiary/aromatic N) is 3. The van der Waals surface area contributed by atoms with Crippen molar-refractivity contribution in [3.8, 4) is 5.69 Å². The van der Waals surface area contributed by atoms with E-state index < -0.39 is 0 Å². The molecule has 160 valence electrons. The molecular weight excluding hydrogens is 382 g/mol. The van der Waals surface area contributed by atoms with E-state index in [1.54, 1.807) is 0 Å². The highest BCUT2D eigenvalue weighted by molar-refractivity contribution is 6.13. The van der Waals surface area contributed by atoms with Gasteiger partial charge in [0.2, 0.25) is 0 Å². The molecule has 0 radical (unpaired) electrons. The molecule has 1 aliphatic rings. The molecule has 0 atom stereocenters. The van der Waals surface area contributed by atoms with Crippen molar-refractivity contribution in [1.82, 2.24) is 19.9 Å². The summed E-state index contributed by atoms with van der Waals surface area (Å²) >= 11 is 0. The molecule has 31 heavy (non-hydrogen) atoms. The van der Waals surface area contributed by atoms with E-state index in [0.717, 1.165) is 48.2 Å². The number of para-hydroxylation sites is 1. The summed E-state index contributed by atoms with van der Waals surface area (Å²) in [5.41, 5.74) is 7.16. The van der Waals surface area contributed by atoms with Gasteiger partial charge in [0.05, 0.1) is 16.6 Å². The molecule has 1 saturated carbocycles. The molecule has 0 bridgehead atoms. The lowest BCUT2D eigenvalue weighted by atomic mass is 10.0. The number of fused-ring (bicyclic) bond motifs is 3. The minimum absolute atomic E-state index is 0.785. The van der Waals surface area contributed by atoms with Gasteiger partial charge >= 0.3 is 0 Å². The maximum absolute atomic E-state index is 4.93. The zero-order chi connectivity index (χ0) is 21.5. The first-order chi connectivity index (χ1) is 15.0. The number of rotatable bonds is 7. The van der Waals surface area contributed by atoms with Crippen LogP contribution >= 0.6 is 0 Å². The second-order valence-electron chi connectivity index (χ2n) is 8.99. The van der Waals surface area contributed by atoms with E-state index in [4.69, 9.17) is 9.97 Å². The van der Waals surface area contributed by atoms with Gasteiger partial charge in [-0.1, -0.05) is 35.9 Å². The predicted octanol–water partition coefficient (Wildman–Crippen LogP) is 5.22. The van der Waals surface area contributed by atoms with E-state index >= 15 is 0 Å². The standard InChI is InChI=1S/C26H31N5/c1-16-13-17(2)24(18(3)14-16)31-22-8-6-5-7-21(22)23-25(29-19(4)30-26(23)31)28-12-11-27-15-20-9-10-20/h5-8,13-14,20,27H,9-12,15H2,1-4H3,(H,28,29,30). The van der Waals surface area contributed by atoms with Crippen LogP contribution in [0.15, 0.2) is 36.4 Å². The molecule has 5 heteroatoms. The van der Waals surface area contributed by atoms with Crippen molar-refractivity contribution in [3.63, 3.8) is 0 Å². The lowest BCUT2D eigenvalue weighted by Crippen LogP contribution is -2.24. The summed E-state index contributed by atoms with van der Waals surface area (Å²) in [7, 11) is 0. The van der Waals surface area contributed by atoms with Crippen LogP contribution in [-0.4, -0.2) is 34.2 Å². The van der Waals surface area contributed by atoms with Crippen LogP contribution in [-0.2, 0) is 0 Å².